The molecule has 0 atom stereocenters. The number of carbonyl (C=O) groups excluding carboxylic acids is 1. The van der Waals surface area contributed by atoms with E-state index in [1.54, 1.807) is 42.6 Å². The summed E-state index contributed by atoms with van der Waals surface area (Å²) < 4.78 is 0. The van der Waals surface area contributed by atoms with Crippen LogP contribution in [0.5, 0.6) is 0 Å². The summed E-state index contributed by atoms with van der Waals surface area (Å²) >= 11 is 0. The van der Waals surface area contributed by atoms with Gasteiger partial charge in [0.2, 0.25) is 0 Å². The van der Waals surface area contributed by atoms with Crippen molar-refractivity contribution in [3.63, 3.8) is 0 Å². The molecule has 0 unspecified atom stereocenters. The van der Waals surface area contributed by atoms with Crippen molar-refractivity contribution in [1.82, 2.24) is 20.3 Å². The van der Waals surface area contributed by atoms with Crippen LogP contribution in [-0.4, -0.2) is 38.1 Å². The van der Waals surface area contributed by atoms with Gasteiger partial charge in [0.1, 0.15) is 17.2 Å². The number of nitrogens with zero attached hydrogens (tertiary/aromatic N) is 3. The Morgan fingerprint density at radius 1 is 1.06 bits per heavy atom. The standard InChI is InChI=1S/C21H21N7O3/c22-17-8-1-12(9-23-17)10-25-21(31)27-15-4-2-13(3-5-15)18-24-11-16(20(29)30)19(28-18)26-14-6-7-14/h1-5,8-9,11,14H,6-7,10H2,(H2,22,23)(H,29,30)(H,24,26,28)(H2,25,27,31). The number of nitrogen functional groups attached to an aromatic ring is 1. The zero-order chi connectivity index (χ0) is 21.8. The first kappa shape index (κ1) is 20.1. The normalized spacial score (nSPS) is 12.8. The molecule has 10 nitrogen and oxygen atoms in total. The Morgan fingerprint density at radius 2 is 1.84 bits per heavy atom. The quantitative estimate of drug-likeness (QED) is 0.391. The molecule has 3 aromatic rings. The first-order valence-corrected chi connectivity index (χ1v) is 9.70. The number of carbonyl (C=O) groups is 2. The summed E-state index contributed by atoms with van der Waals surface area (Å²) in [5.74, 6) is 0.0686. The molecule has 0 saturated heterocycles. The molecule has 0 radical (unpaired) electrons. The van der Waals surface area contributed by atoms with Crippen molar-refractivity contribution in [2.75, 3.05) is 16.4 Å². The van der Waals surface area contributed by atoms with Crippen LogP contribution in [0.15, 0.2) is 48.8 Å². The van der Waals surface area contributed by atoms with Crippen LogP contribution in [0, 0.1) is 0 Å². The molecule has 0 spiro atoms. The number of carboxylic acid groups (broad SMARTS) is 1. The number of aromatic nitrogens is 3. The van der Waals surface area contributed by atoms with Crippen molar-refractivity contribution in [1.29, 1.82) is 0 Å². The van der Waals surface area contributed by atoms with Gasteiger partial charge in [0.05, 0.1) is 0 Å². The van der Waals surface area contributed by atoms with Gasteiger partial charge < -0.3 is 26.8 Å². The number of nitrogens with one attached hydrogen (secondary N) is 3. The third-order valence-electron chi connectivity index (χ3n) is 4.64. The molecule has 1 aromatic carbocycles. The van der Waals surface area contributed by atoms with E-state index in [-0.39, 0.29) is 17.6 Å². The van der Waals surface area contributed by atoms with Gasteiger partial charge in [0, 0.05) is 36.2 Å². The zero-order valence-electron chi connectivity index (χ0n) is 16.5. The van der Waals surface area contributed by atoms with Crippen LogP contribution in [0.3, 0.4) is 0 Å². The number of hydrogen-bond acceptors (Lipinski definition) is 7. The average molecular weight is 419 g/mol. The molecular formula is C21H21N7O3. The predicted molar refractivity (Wildman–Crippen MR) is 116 cm³/mol. The minimum absolute atomic E-state index is 0.0434. The second-order valence-electron chi connectivity index (χ2n) is 7.16. The fraction of sp³-hybridized carbons (Fsp3) is 0.190. The lowest BCUT2D eigenvalue weighted by Crippen LogP contribution is -2.28. The van der Waals surface area contributed by atoms with E-state index < -0.39 is 5.97 Å². The van der Waals surface area contributed by atoms with Crippen molar-refractivity contribution in [2.45, 2.75) is 25.4 Å². The lowest BCUT2D eigenvalue weighted by atomic mass is 10.2. The monoisotopic (exact) mass is 419 g/mol. The van der Waals surface area contributed by atoms with E-state index >= 15 is 0 Å². The maximum atomic E-state index is 12.1. The highest BCUT2D eigenvalue weighted by Gasteiger charge is 2.24. The van der Waals surface area contributed by atoms with E-state index in [9.17, 15) is 14.7 Å². The van der Waals surface area contributed by atoms with Gasteiger partial charge in [0.15, 0.2) is 5.82 Å². The predicted octanol–water partition coefficient (Wildman–Crippen LogP) is 2.72. The van der Waals surface area contributed by atoms with Crippen LogP contribution >= 0.6 is 0 Å². The molecule has 2 amide bonds. The smallest absolute Gasteiger partial charge is 0.341 e. The van der Waals surface area contributed by atoms with Crippen molar-refractivity contribution in [3.05, 3.63) is 59.9 Å². The number of pyridine rings is 1. The zero-order valence-corrected chi connectivity index (χ0v) is 16.5. The summed E-state index contributed by atoms with van der Waals surface area (Å²) in [7, 11) is 0. The van der Waals surface area contributed by atoms with Gasteiger partial charge in [-0.1, -0.05) is 6.07 Å². The first-order valence-electron chi connectivity index (χ1n) is 9.70. The number of rotatable bonds is 7. The fourth-order valence-corrected chi connectivity index (χ4v) is 2.81. The highest BCUT2D eigenvalue weighted by Crippen LogP contribution is 2.27. The third-order valence-corrected chi connectivity index (χ3v) is 4.64. The Labute approximate surface area is 177 Å². The van der Waals surface area contributed by atoms with Gasteiger partial charge in [-0.05, 0) is 48.7 Å². The number of carboxylic acids is 1. The Balaban J connectivity index is 1.40. The van der Waals surface area contributed by atoms with E-state index in [0.717, 1.165) is 18.4 Å². The minimum atomic E-state index is -1.07. The molecule has 2 heterocycles. The number of nitrogens with two attached hydrogens (primary N) is 1. The van der Waals surface area contributed by atoms with Crippen LogP contribution in [0.1, 0.15) is 28.8 Å². The van der Waals surface area contributed by atoms with E-state index in [4.69, 9.17) is 5.73 Å². The maximum absolute atomic E-state index is 12.1. The minimum Gasteiger partial charge on any atom is -0.477 e. The summed E-state index contributed by atoms with van der Waals surface area (Å²) in [4.78, 5) is 36.0. The van der Waals surface area contributed by atoms with Gasteiger partial charge in [-0.25, -0.2) is 24.5 Å². The highest BCUT2D eigenvalue weighted by molar-refractivity contribution is 5.93. The summed E-state index contributed by atoms with van der Waals surface area (Å²) in [6.07, 6.45) is 4.90. The van der Waals surface area contributed by atoms with E-state index in [1.165, 1.54) is 6.20 Å². The lowest BCUT2D eigenvalue weighted by Gasteiger charge is -2.10. The Bertz CT molecular complexity index is 1100. The average Bonchev–Trinajstić information content (AvgIpc) is 3.58. The number of anilines is 3. The molecule has 31 heavy (non-hydrogen) atoms. The number of benzene rings is 1. The van der Waals surface area contributed by atoms with Crippen LogP contribution in [-0.2, 0) is 6.54 Å². The highest BCUT2D eigenvalue weighted by atomic mass is 16.4. The molecule has 158 valence electrons. The first-order chi connectivity index (χ1) is 15.0. The molecule has 6 N–H and O–H groups in total. The van der Waals surface area contributed by atoms with E-state index in [1.807, 2.05) is 0 Å². The number of urea groups is 1. The van der Waals surface area contributed by atoms with Crippen LogP contribution in [0.25, 0.3) is 11.4 Å². The Kier molecular flexibility index (Phi) is 5.61. The van der Waals surface area contributed by atoms with Gasteiger partial charge in [0.25, 0.3) is 0 Å². The second-order valence-corrected chi connectivity index (χ2v) is 7.16. The number of aromatic carboxylic acids is 1. The van der Waals surface area contributed by atoms with Crippen LogP contribution < -0.4 is 21.7 Å². The van der Waals surface area contributed by atoms with Gasteiger partial charge in [-0.3, -0.25) is 0 Å². The summed E-state index contributed by atoms with van der Waals surface area (Å²) in [5, 5.41) is 18.0. The van der Waals surface area contributed by atoms with E-state index in [2.05, 4.69) is 30.9 Å². The third kappa shape index (κ3) is 5.24. The Morgan fingerprint density at radius 3 is 2.48 bits per heavy atom. The molecule has 1 saturated carbocycles. The van der Waals surface area contributed by atoms with Crippen molar-refractivity contribution in [3.8, 4) is 11.4 Å². The lowest BCUT2D eigenvalue weighted by molar-refractivity contribution is 0.0697. The van der Waals surface area contributed by atoms with Crippen molar-refractivity contribution >= 4 is 29.3 Å². The summed E-state index contributed by atoms with van der Waals surface area (Å²) in [6.45, 7) is 0.317. The molecule has 1 aliphatic carbocycles. The molecule has 0 aliphatic heterocycles. The summed E-state index contributed by atoms with van der Waals surface area (Å²) in [5.41, 5.74) is 7.71. The van der Waals surface area contributed by atoms with Gasteiger partial charge >= 0.3 is 12.0 Å². The number of amides is 2. The van der Waals surface area contributed by atoms with Crippen LogP contribution in [0.2, 0.25) is 0 Å². The molecule has 0 bridgehead atoms. The molecular weight excluding hydrogens is 398 g/mol. The summed E-state index contributed by atoms with van der Waals surface area (Å²) in [6, 6.07) is 10.3. The maximum Gasteiger partial charge on any atom is 0.341 e. The molecule has 1 fully saturated rings. The number of hydrogen-bond donors (Lipinski definition) is 5. The largest absolute Gasteiger partial charge is 0.477 e. The van der Waals surface area contributed by atoms with Crippen LogP contribution in [0.4, 0.5) is 22.1 Å². The Hall–Kier alpha value is -4.21. The molecule has 1 aliphatic rings. The second kappa shape index (κ2) is 8.66. The molecule has 4 rings (SSSR count). The SMILES string of the molecule is Nc1ccc(CNC(=O)Nc2ccc(-c3ncc(C(=O)O)c(NC4CC4)n3)cc2)cn1. The van der Waals surface area contributed by atoms with Gasteiger partial charge in [-0.2, -0.15) is 0 Å². The fourth-order valence-electron chi connectivity index (χ4n) is 2.81. The molecule has 10 heteroatoms. The van der Waals surface area contributed by atoms with Crippen molar-refractivity contribution in [2.24, 2.45) is 0 Å². The molecule has 2 aromatic heterocycles. The van der Waals surface area contributed by atoms with E-state index in [0.29, 0.717) is 35.3 Å². The van der Waals surface area contributed by atoms with Crippen molar-refractivity contribution < 1.29 is 14.7 Å². The van der Waals surface area contributed by atoms with Gasteiger partial charge in [-0.15, -0.1) is 0 Å². The topological polar surface area (TPSA) is 155 Å².